The number of rotatable bonds is 3. The van der Waals surface area contributed by atoms with Gasteiger partial charge in [0.05, 0.1) is 0 Å². The summed E-state index contributed by atoms with van der Waals surface area (Å²) in [6.07, 6.45) is 1.55. The summed E-state index contributed by atoms with van der Waals surface area (Å²) < 4.78 is 0. The summed E-state index contributed by atoms with van der Waals surface area (Å²) in [6, 6.07) is 10.1. The van der Waals surface area contributed by atoms with Crippen molar-refractivity contribution in [2.45, 2.75) is 17.9 Å². The second kappa shape index (κ2) is 5.04. The third-order valence-corrected chi connectivity index (χ3v) is 4.12. The summed E-state index contributed by atoms with van der Waals surface area (Å²) in [5, 5.41) is 12.2. The molecule has 0 aliphatic carbocycles. The molecule has 1 aromatic heterocycles. The molecule has 0 saturated heterocycles. The number of hydrogen-bond donors (Lipinski definition) is 1. The first-order chi connectivity index (χ1) is 7.70. The summed E-state index contributed by atoms with van der Waals surface area (Å²) in [7, 11) is 0. The average Bonchev–Trinajstić information content (AvgIpc) is 2.75. The molecule has 3 heteroatoms. The van der Waals surface area contributed by atoms with Crippen LogP contribution in [-0.4, -0.2) is 11.4 Å². The van der Waals surface area contributed by atoms with Crippen molar-refractivity contribution in [3.05, 3.63) is 51.7 Å². The van der Waals surface area contributed by atoms with E-state index in [4.69, 9.17) is 0 Å². The minimum absolute atomic E-state index is 0.499. The molecule has 16 heavy (non-hydrogen) atoms. The lowest BCUT2D eigenvalue weighted by Crippen LogP contribution is -1.97. The lowest BCUT2D eigenvalue weighted by molar-refractivity contribution is 0.220. The van der Waals surface area contributed by atoms with Crippen LogP contribution in [0.25, 0.3) is 0 Å². The van der Waals surface area contributed by atoms with Gasteiger partial charge in [-0.1, -0.05) is 12.1 Å². The van der Waals surface area contributed by atoms with Crippen molar-refractivity contribution in [1.82, 2.24) is 0 Å². The van der Waals surface area contributed by atoms with Crippen LogP contribution in [0, 0.1) is 6.92 Å². The maximum absolute atomic E-state index is 10.2. The van der Waals surface area contributed by atoms with Crippen molar-refractivity contribution in [3.63, 3.8) is 0 Å². The van der Waals surface area contributed by atoms with Gasteiger partial charge in [0.25, 0.3) is 0 Å². The van der Waals surface area contributed by atoms with Gasteiger partial charge in [-0.25, -0.2) is 0 Å². The number of hydrogen-bond acceptors (Lipinski definition) is 3. The Hall–Kier alpha value is -0.770. The van der Waals surface area contributed by atoms with Crippen molar-refractivity contribution in [2.24, 2.45) is 0 Å². The summed E-state index contributed by atoms with van der Waals surface area (Å²) in [5.74, 6) is 0. The van der Waals surface area contributed by atoms with Gasteiger partial charge in [0, 0.05) is 9.77 Å². The number of benzene rings is 1. The van der Waals surface area contributed by atoms with Crippen LogP contribution in [0.2, 0.25) is 0 Å². The highest BCUT2D eigenvalue weighted by atomic mass is 32.2. The van der Waals surface area contributed by atoms with Crippen LogP contribution in [0.15, 0.2) is 40.6 Å². The molecule has 2 aromatic rings. The van der Waals surface area contributed by atoms with Gasteiger partial charge in [-0.2, -0.15) is 0 Å². The summed E-state index contributed by atoms with van der Waals surface area (Å²) in [5.41, 5.74) is 1.94. The van der Waals surface area contributed by atoms with E-state index >= 15 is 0 Å². The van der Waals surface area contributed by atoms with Crippen LogP contribution in [0.5, 0.6) is 0 Å². The maximum Gasteiger partial charge on any atom is 0.105 e. The Kier molecular flexibility index (Phi) is 3.69. The second-order valence-electron chi connectivity index (χ2n) is 3.67. The van der Waals surface area contributed by atoms with Gasteiger partial charge in [0.2, 0.25) is 0 Å². The standard InChI is InChI=1S/C13H14OS2/c1-9-7-11(8-16-9)13(14)10-3-5-12(15-2)6-4-10/h3-8,13-14H,1-2H3. The predicted octanol–water partition coefficient (Wildman–Crippen LogP) is 3.86. The fourth-order valence-corrected chi connectivity index (χ4v) is 2.72. The van der Waals surface area contributed by atoms with Crippen LogP contribution in [0.1, 0.15) is 22.1 Å². The van der Waals surface area contributed by atoms with E-state index in [1.165, 1.54) is 9.77 Å². The summed E-state index contributed by atoms with van der Waals surface area (Å²) >= 11 is 3.38. The van der Waals surface area contributed by atoms with E-state index in [0.717, 1.165) is 11.1 Å². The smallest absolute Gasteiger partial charge is 0.105 e. The van der Waals surface area contributed by atoms with E-state index in [1.54, 1.807) is 23.1 Å². The van der Waals surface area contributed by atoms with E-state index in [-0.39, 0.29) is 0 Å². The largest absolute Gasteiger partial charge is 0.384 e. The number of aliphatic hydroxyl groups is 1. The highest BCUT2D eigenvalue weighted by Crippen LogP contribution is 2.27. The van der Waals surface area contributed by atoms with Gasteiger partial charge >= 0.3 is 0 Å². The van der Waals surface area contributed by atoms with E-state index in [0.29, 0.717) is 0 Å². The molecule has 0 aliphatic heterocycles. The topological polar surface area (TPSA) is 20.2 Å². The zero-order chi connectivity index (χ0) is 11.5. The molecule has 2 rings (SSSR count). The van der Waals surface area contributed by atoms with Crippen LogP contribution in [0.3, 0.4) is 0 Å². The van der Waals surface area contributed by atoms with Crippen LogP contribution >= 0.6 is 23.1 Å². The molecule has 0 spiro atoms. The molecule has 0 amide bonds. The Morgan fingerprint density at radius 2 is 1.88 bits per heavy atom. The molecule has 1 unspecified atom stereocenters. The normalized spacial score (nSPS) is 12.7. The van der Waals surface area contributed by atoms with Crippen molar-refractivity contribution in [2.75, 3.05) is 6.26 Å². The number of thiophene rings is 1. The van der Waals surface area contributed by atoms with Gasteiger partial charge < -0.3 is 5.11 Å². The molecule has 0 fully saturated rings. The molecule has 1 atom stereocenters. The van der Waals surface area contributed by atoms with Crippen LogP contribution in [-0.2, 0) is 0 Å². The molecular formula is C13H14OS2. The maximum atomic E-state index is 10.2. The van der Waals surface area contributed by atoms with E-state index < -0.39 is 6.10 Å². The fraction of sp³-hybridized carbons (Fsp3) is 0.231. The Labute approximate surface area is 104 Å². The monoisotopic (exact) mass is 250 g/mol. The van der Waals surface area contributed by atoms with E-state index in [2.05, 4.69) is 6.92 Å². The third kappa shape index (κ3) is 2.48. The molecule has 84 valence electrons. The Balaban J connectivity index is 2.23. The minimum atomic E-state index is -0.499. The first kappa shape index (κ1) is 11.7. The quantitative estimate of drug-likeness (QED) is 0.835. The van der Waals surface area contributed by atoms with Crippen molar-refractivity contribution >= 4 is 23.1 Å². The number of aliphatic hydroxyl groups excluding tert-OH is 1. The zero-order valence-electron chi connectivity index (χ0n) is 9.31. The summed E-state index contributed by atoms with van der Waals surface area (Å²) in [4.78, 5) is 2.45. The molecule has 1 heterocycles. The average molecular weight is 250 g/mol. The zero-order valence-corrected chi connectivity index (χ0v) is 10.9. The van der Waals surface area contributed by atoms with E-state index in [9.17, 15) is 5.11 Å². The van der Waals surface area contributed by atoms with Crippen molar-refractivity contribution < 1.29 is 5.11 Å². The Bertz CT molecular complexity index is 459. The van der Waals surface area contributed by atoms with Crippen molar-refractivity contribution in [1.29, 1.82) is 0 Å². The highest BCUT2D eigenvalue weighted by molar-refractivity contribution is 7.98. The van der Waals surface area contributed by atoms with Gasteiger partial charge in [-0.05, 0) is 47.9 Å². The molecule has 0 aliphatic rings. The first-order valence-electron chi connectivity index (χ1n) is 5.08. The number of aryl methyl sites for hydroxylation is 1. The van der Waals surface area contributed by atoms with Gasteiger partial charge in [-0.3, -0.25) is 0 Å². The Morgan fingerprint density at radius 1 is 1.19 bits per heavy atom. The molecule has 1 aromatic carbocycles. The molecule has 1 nitrogen and oxygen atoms in total. The Morgan fingerprint density at radius 3 is 2.38 bits per heavy atom. The molecule has 0 radical (unpaired) electrons. The second-order valence-corrected chi connectivity index (χ2v) is 5.66. The fourth-order valence-electron chi connectivity index (χ4n) is 1.59. The van der Waals surface area contributed by atoms with Crippen LogP contribution < -0.4 is 0 Å². The molecular weight excluding hydrogens is 236 g/mol. The third-order valence-electron chi connectivity index (χ3n) is 2.50. The molecule has 0 bridgehead atoms. The lowest BCUT2D eigenvalue weighted by atomic mass is 10.0. The van der Waals surface area contributed by atoms with E-state index in [1.807, 2.05) is 42.0 Å². The highest BCUT2D eigenvalue weighted by Gasteiger charge is 2.11. The molecule has 0 saturated carbocycles. The lowest BCUT2D eigenvalue weighted by Gasteiger charge is -2.09. The predicted molar refractivity (Wildman–Crippen MR) is 71.3 cm³/mol. The van der Waals surface area contributed by atoms with Gasteiger partial charge in [0.15, 0.2) is 0 Å². The number of thioether (sulfide) groups is 1. The first-order valence-corrected chi connectivity index (χ1v) is 7.18. The summed E-state index contributed by atoms with van der Waals surface area (Å²) in [6.45, 7) is 2.05. The van der Waals surface area contributed by atoms with Gasteiger partial charge in [0.1, 0.15) is 6.10 Å². The minimum Gasteiger partial charge on any atom is -0.384 e. The van der Waals surface area contributed by atoms with Gasteiger partial charge in [-0.15, -0.1) is 23.1 Å². The molecule has 1 N–H and O–H groups in total. The SMILES string of the molecule is CSc1ccc(C(O)c2csc(C)c2)cc1. The van der Waals surface area contributed by atoms with Crippen molar-refractivity contribution in [3.8, 4) is 0 Å². The van der Waals surface area contributed by atoms with Crippen LogP contribution in [0.4, 0.5) is 0 Å².